The van der Waals surface area contributed by atoms with Crippen LogP contribution in [-0.4, -0.2) is 14.7 Å². The molecular formula is C17H18N2O. The van der Waals surface area contributed by atoms with Crippen molar-refractivity contribution in [3.05, 3.63) is 65.7 Å². The average Bonchev–Trinajstić information content (AvgIpc) is 2.86. The Hall–Kier alpha value is -2.13. The van der Waals surface area contributed by atoms with Gasteiger partial charge < -0.3 is 9.67 Å². The summed E-state index contributed by atoms with van der Waals surface area (Å²) < 4.78 is 2.04. The zero-order valence-corrected chi connectivity index (χ0v) is 11.7. The highest BCUT2D eigenvalue weighted by atomic mass is 16.3. The lowest BCUT2D eigenvalue weighted by Gasteiger charge is -2.17. The minimum atomic E-state index is 0.0176. The first-order chi connectivity index (χ1) is 9.70. The fraction of sp³-hybridized carbons (Fsp3) is 0.235. The molecule has 0 amide bonds. The Bertz CT molecular complexity index is 746. The molecule has 0 saturated carbocycles. The van der Waals surface area contributed by atoms with Gasteiger partial charge in [-0.05, 0) is 36.2 Å². The molecule has 2 aromatic carbocycles. The number of aliphatic hydroxyl groups excluding tert-OH is 1. The van der Waals surface area contributed by atoms with Crippen molar-refractivity contribution in [1.29, 1.82) is 0 Å². The second-order valence-electron chi connectivity index (χ2n) is 5.12. The lowest BCUT2D eigenvalue weighted by Crippen LogP contribution is -2.09. The maximum atomic E-state index is 9.49. The van der Waals surface area contributed by atoms with Crippen LogP contribution in [0.5, 0.6) is 0 Å². The number of rotatable bonds is 3. The van der Waals surface area contributed by atoms with Gasteiger partial charge in [-0.15, -0.1) is 0 Å². The van der Waals surface area contributed by atoms with Crippen molar-refractivity contribution in [1.82, 2.24) is 9.55 Å². The van der Waals surface area contributed by atoms with Crippen molar-refractivity contribution in [3.63, 3.8) is 0 Å². The highest BCUT2D eigenvalue weighted by Gasteiger charge is 2.14. The fourth-order valence-corrected chi connectivity index (χ4v) is 2.64. The molecule has 0 aliphatic rings. The van der Waals surface area contributed by atoms with E-state index >= 15 is 0 Å². The predicted molar refractivity (Wildman–Crippen MR) is 80.6 cm³/mol. The SMILES string of the molecule is Cc1ncn(C(C)c2ccc3ccccc3c2)c1CO. The smallest absolute Gasteiger partial charge is 0.0957 e. The minimum Gasteiger partial charge on any atom is -0.390 e. The summed E-state index contributed by atoms with van der Waals surface area (Å²) in [5.74, 6) is 0. The molecule has 1 aromatic heterocycles. The van der Waals surface area contributed by atoms with Crippen LogP contribution in [0.2, 0.25) is 0 Å². The van der Waals surface area contributed by atoms with Gasteiger partial charge in [0.25, 0.3) is 0 Å². The molecule has 1 atom stereocenters. The number of aliphatic hydroxyl groups is 1. The number of hydrogen-bond donors (Lipinski definition) is 1. The third-order valence-electron chi connectivity index (χ3n) is 3.93. The van der Waals surface area contributed by atoms with Crippen molar-refractivity contribution in [2.45, 2.75) is 26.5 Å². The first kappa shape index (κ1) is 12.9. The van der Waals surface area contributed by atoms with Crippen LogP contribution >= 0.6 is 0 Å². The summed E-state index contributed by atoms with van der Waals surface area (Å²) in [7, 11) is 0. The van der Waals surface area contributed by atoms with Crippen LogP contribution in [-0.2, 0) is 6.61 Å². The van der Waals surface area contributed by atoms with E-state index in [0.29, 0.717) is 0 Å². The molecule has 0 aliphatic heterocycles. The van der Waals surface area contributed by atoms with Crippen molar-refractivity contribution < 1.29 is 5.11 Å². The quantitative estimate of drug-likeness (QED) is 0.788. The number of fused-ring (bicyclic) bond motifs is 1. The molecule has 1 heterocycles. The van der Waals surface area contributed by atoms with E-state index in [1.165, 1.54) is 16.3 Å². The lowest BCUT2D eigenvalue weighted by atomic mass is 10.0. The molecular weight excluding hydrogens is 248 g/mol. The Morgan fingerprint density at radius 3 is 2.65 bits per heavy atom. The molecule has 0 spiro atoms. The van der Waals surface area contributed by atoms with E-state index in [1.807, 2.05) is 11.5 Å². The van der Waals surface area contributed by atoms with Gasteiger partial charge in [0, 0.05) is 0 Å². The zero-order chi connectivity index (χ0) is 14.1. The van der Waals surface area contributed by atoms with E-state index in [9.17, 15) is 5.11 Å². The Morgan fingerprint density at radius 2 is 1.90 bits per heavy atom. The summed E-state index contributed by atoms with van der Waals surface area (Å²) in [4.78, 5) is 4.30. The van der Waals surface area contributed by atoms with Crippen LogP contribution < -0.4 is 0 Å². The molecule has 0 aliphatic carbocycles. The maximum absolute atomic E-state index is 9.49. The molecule has 0 saturated heterocycles. The Morgan fingerprint density at radius 1 is 1.15 bits per heavy atom. The van der Waals surface area contributed by atoms with E-state index in [4.69, 9.17) is 0 Å². The topological polar surface area (TPSA) is 38.0 Å². The number of benzene rings is 2. The summed E-state index contributed by atoms with van der Waals surface area (Å²) in [5.41, 5.74) is 2.99. The van der Waals surface area contributed by atoms with Crippen molar-refractivity contribution in [3.8, 4) is 0 Å². The van der Waals surface area contributed by atoms with Crippen molar-refractivity contribution >= 4 is 10.8 Å². The molecule has 1 N–H and O–H groups in total. The molecule has 1 unspecified atom stereocenters. The van der Waals surface area contributed by atoms with Crippen molar-refractivity contribution in [2.75, 3.05) is 0 Å². The molecule has 3 heteroatoms. The van der Waals surface area contributed by atoms with Crippen LogP contribution in [0.4, 0.5) is 0 Å². The normalized spacial score (nSPS) is 12.8. The van der Waals surface area contributed by atoms with E-state index in [1.54, 1.807) is 6.33 Å². The second kappa shape index (κ2) is 5.10. The number of nitrogens with zero attached hydrogens (tertiary/aromatic N) is 2. The van der Waals surface area contributed by atoms with E-state index in [2.05, 4.69) is 54.4 Å². The van der Waals surface area contributed by atoms with Crippen LogP contribution in [0, 0.1) is 6.92 Å². The van der Waals surface area contributed by atoms with Gasteiger partial charge >= 0.3 is 0 Å². The molecule has 3 aromatic rings. The Balaban J connectivity index is 2.05. The lowest BCUT2D eigenvalue weighted by molar-refractivity contribution is 0.268. The summed E-state index contributed by atoms with van der Waals surface area (Å²) in [6, 6.07) is 15.0. The number of imidazole rings is 1. The molecule has 3 nitrogen and oxygen atoms in total. The first-order valence-electron chi connectivity index (χ1n) is 6.82. The van der Waals surface area contributed by atoms with Gasteiger partial charge in [-0.2, -0.15) is 0 Å². The highest BCUT2D eigenvalue weighted by Crippen LogP contribution is 2.25. The van der Waals surface area contributed by atoms with Crippen LogP contribution in [0.1, 0.15) is 29.9 Å². The first-order valence-corrected chi connectivity index (χ1v) is 6.82. The third-order valence-corrected chi connectivity index (χ3v) is 3.93. The average molecular weight is 266 g/mol. The van der Waals surface area contributed by atoms with Gasteiger partial charge in [0.05, 0.1) is 30.4 Å². The van der Waals surface area contributed by atoms with Gasteiger partial charge in [-0.3, -0.25) is 0 Å². The van der Waals surface area contributed by atoms with Gasteiger partial charge in [-0.1, -0.05) is 36.4 Å². The fourth-order valence-electron chi connectivity index (χ4n) is 2.64. The molecule has 102 valence electrons. The third kappa shape index (κ3) is 2.10. The monoisotopic (exact) mass is 266 g/mol. The van der Waals surface area contributed by atoms with Crippen LogP contribution in [0.3, 0.4) is 0 Å². The van der Waals surface area contributed by atoms with Gasteiger partial charge in [0.15, 0.2) is 0 Å². The number of hydrogen-bond acceptors (Lipinski definition) is 2. The number of aryl methyl sites for hydroxylation is 1. The summed E-state index contributed by atoms with van der Waals surface area (Å²) >= 11 is 0. The predicted octanol–water partition coefficient (Wildman–Crippen LogP) is 3.45. The Labute approximate surface area is 118 Å². The van der Waals surface area contributed by atoms with Gasteiger partial charge in [0.2, 0.25) is 0 Å². The second-order valence-corrected chi connectivity index (χ2v) is 5.12. The zero-order valence-electron chi connectivity index (χ0n) is 11.7. The van der Waals surface area contributed by atoms with Gasteiger partial charge in [0.1, 0.15) is 0 Å². The number of aromatic nitrogens is 2. The molecule has 0 bridgehead atoms. The summed E-state index contributed by atoms with van der Waals surface area (Å²) in [6.45, 7) is 4.07. The molecule has 20 heavy (non-hydrogen) atoms. The van der Waals surface area contributed by atoms with Crippen LogP contribution in [0.15, 0.2) is 48.8 Å². The maximum Gasteiger partial charge on any atom is 0.0957 e. The molecule has 0 radical (unpaired) electrons. The van der Waals surface area contributed by atoms with Crippen molar-refractivity contribution in [2.24, 2.45) is 0 Å². The summed E-state index contributed by atoms with van der Waals surface area (Å²) in [6.07, 6.45) is 1.81. The Kier molecular flexibility index (Phi) is 3.28. The van der Waals surface area contributed by atoms with E-state index < -0.39 is 0 Å². The molecule has 3 rings (SSSR count). The van der Waals surface area contributed by atoms with E-state index in [0.717, 1.165) is 11.4 Å². The highest BCUT2D eigenvalue weighted by molar-refractivity contribution is 5.83. The standard InChI is InChI=1S/C17H18N2O/c1-12-17(10-20)19(11-18-12)13(2)15-8-7-14-5-3-4-6-16(14)9-15/h3-9,11,13,20H,10H2,1-2H3. The van der Waals surface area contributed by atoms with Crippen LogP contribution in [0.25, 0.3) is 10.8 Å². The minimum absolute atomic E-state index is 0.0176. The molecule has 0 fully saturated rings. The van der Waals surface area contributed by atoms with Gasteiger partial charge in [-0.25, -0.2) is 4.98 Å². The largest absolute Gasteiger partial charge is 0.390 e. The van der Waals surface area contributed by atoms with E-state index in [-0.39, 0.29) is 12.6 Å². The summed E-state index contributed by atoms with van der Waals surface area (Å²) in [5, 5.41) is 12.0.